The smallest absolute Gasteiger partial charge is 0.272 e. The molecule has 7 nitrogen and oxygen atoms in total. The maximum absolute atomic E-state index is 12.4. The van der Waals surface area contributed by atoms with Gasteiger partial charge in [0.15, 0.2) is 0 Å². The number of aromatic amines is 2. The Hall–Kier alpha value is -3.87. The van der Waals surface area contributed by atoms with E-state index in [9.17, 15) is 14.4 Å². The van der Waals surface area contributed by atoms with Gasteiger partial charge in [0.2, 0.25) is 5.91 Å². The molecule has 1 aromatic heterocycles. The quantitative estimate of drug-likeness (QED) is 0.612. The van der Waals surface area contributed by atoms with E-state index in [1.165, 1.54) is 6.92 Å². The molecule has 3 rings (SSSR count). The van der Waals surface area contributed by atoms with Crippen molar-refractivity contribution < 1.29 is 4.79 Å². The highest BCUT2D eigenvalue weighted by Gasteiger charge is 1.99. The third kappa shape index (κ3) is 5.10. The minimum Gasteiger partial charge on any atom is -0.378 e. The number of aromatic nitrogens is 2. The third-order valence-electron chi connectivity index (χ3n) is 4.25. The summed E-state index contributed by atoms with van der Waals surface area (Å²) < 4.78 is 0. The lowest BCUT2D eigenvalue weighted by Crippen LogP contribution is -2.46. The highest BCUT2D eigenvalue weighted by atomic mass is 16.1. The van der Waals surface area contributed by atoms with Gasteiger partial charge in [0.05, 0.1) is 0 Å². The minimum atomic E-state index is -0.397. The monoisotopic (exact) mass is 390 g/mol. The Morgan fingerprint density at radius 1 is 0.828 bits per heavy atom. The van der Waals surface area contributed by atoms with Gasteiger partial charge in [0.25, 0.3) is 11.1 Å². The molecule has 1 heterocycles. The van der Waals surface area contributed by atoms with Crippen molar-refractivity contribution >= 4 is 29.4 Å². The average Bonchev–Trinajstić information content (AvgIpc) is 2.67. The Morgan fingerprint density at radius 3 is 1.69 bits per heavy atom. The second-order valence-electron chi connectivity index (χ2n) is 6.81. The summed E-state index contributed by atoms with van der Waals surface area (Å²) in [7, 11) is 3.90. The number of carbonyl (C=O) groups excluding carboxylic acids is 1. The second kappa shape index (κ2) is 8.43. The molecule has 3 aromatic rings. The van der Waals surface area contributed by atoms with E-state index in [2.05, 4.69) is 15.3 Å². The van der Waals surface area contributed by atoms with Gasteiger partial charge < -0.3 is 20.2 Å². The van der Waals surface area contributed by atoms with E-state index in [1.54, 1.807) is 36.4 Å². The van der Waals surface area contributed by atoms with E-state index in [0.717, 1.165) is 16.8 Å². The number of benzene rings is 2. The third-order valence-corrected chi connectivity index (χ3v) is 4.25. The van der Waals surface area contributed by atoms with Crippen LogP contribution in [0.5, 0.6) is 0 Å². The first-order chi connectivity index (χ1) is 13.8. The maximum Gasteiger partial charge on any atom is 0.272 e. The molecule has 0 aliphatic heterocycles. The van der Waals surface area contributed by atoms with Crippen LogP contribution in [0.15, 0.2) is 58.1 Å². The molecule has 2 aromatic carbocycles. The molecule has 3 N–H and O–H groups in total. The first kappa shape index (κ1) is 19.9. The highest BCUT2D eigenvalue weighted by molar-refractivity contribution is 5.88. The Labute approximate surface area is 167 Å². The number of amides is 1. The van der Waals surface area contributed by atoms with Crippen LogP contribution < -0.4 is 32.0 Å². The summed E-state index contributed by atoms with van der Waals surface area (Å²) in [6.45, 7) is 1.43. The van der Waals surface area contributed by atoms with Crippen molar-refractivity contribution in [1.29, 1.82) is 0 Å². The Balaban J connectivity index is 1.95. The second-order valence-corrected chi connectivity index (χ2v) is 6.81. The summed E-state index contributed by atoms with van der Waals surface area (Å²) in [5.74, 6) is -0.161. The van der Waals surface area contributed by atoms with Crippen molar-refractivity contribution in [3.63, 3.8) is 0 Å². The van der Waals surface area contributed by atoms with Crippen molar-refractivity contribution in [3.05, 3.63) is 91.1 Å². The zero-order chi connectivity index (χ0) is 21.0. The lowest BCUT2D eigenvalue weighted by Gasteiger charge is -2.11. The zero-order valence-corrected chi connectivity index (χ0v) is 16.4. The number of nitrogens with zero attached hydrogens (tertiary/aromatic N) is 1. The number of rotatable bonds is 4. The van der Waals surface area contributed by atoms with E-state index in [1.807, 2.05) is 43.3 Å². The zero-order valence-electron chi connectivity index (χ0n) is 16.4. The first-order valence-corrected chi connectivity index (χ1v) is 9.03. The van der Waals surface area contributed by atoms with Crippen molar-refractivity contribution in [2.24, 2.45) is 0 Å². The molecule has 0 fully saturated rings. The molecule has 0 aliphatic rings. The van der Waals surface area contributed by atoms with Crippen LogP contribution in [0.25, 0.3) is 12.2 Å². The number of hydrogen-bond acceptors (Lipinski definition) is 4. The molecule has 148 valence electrons. The van der Waals surface area contributed by atoms with Crippen LogP contribution in [0, 0.1) is 0 Å². The average molecular weight is 390 g/mol. The molecule has 0 aliphatic carbocycles. The van der Waals surface area contributed by atoms with Gasteiger partial charge in [-0.3, -0.25) is 14.4 Å². The van der Waals surface area contributed by atoms with Crippen LogP contribution in [0.1, 0.15) is 18.1 Å². The van der Waals surface area contributed by atoms with E-state index in [4.69, 9.17) is 0 Å². The van der Waals surface area contributed by atoms with Gasteiger partial charge in [-0.25, -0.2) is 0 Å². The molecular weight excluding hydrogens is 368 g/mol. The summed E-state index contributed by atoms with van der Waals surface area (Å²) in [6, 6.07) is 14.6. The topological polar surface area (TPSA) is 98.1 Å². The summed E-state index contributed by atoms with van der Waals surface area (Å²) >= 11 is 0. The van der Waals surface area contributed by atoms with Gasteiger partial charge >= 0.3 is 0 Å². The summed E-state index contributed by atoms with van der Waals surface area (Å²) in [5.41, 5.74) is 2.44. The molecule has 0 bridgehead atoms. The number of H-pyrrole nitrogens is 2. The summed E-state index contributed by atoms with van der Waals surface area (Å²) in [5, 5.41) is 3.01. The molecule has 1 amide bonds. The van der Waals surface area contributed by atoms with E-state index >= 15 is 0 Å². The van der Waals surface area contributed by atoms with Crippen molar-refractivity contribution in [2.75, 3.05) is 24.3 Å². The van der Waals surface area contributed by atoms with E-state index in [0.29, 0.717) is 5.69 Å². The summed E-state index contributed by atoms with van der Waals surface area (Å²) in [6.07, 6.45) is 3.21. The van der Waals surface area contributed by atoms with Crippen LogP contribution >= 0.6 is 0 Å². The van der Waals surface area contributed by atoms with Crippen LogP contribution in [-0.2, 0) is 4.79 Å². The van der Waals surface area contributed by atoms with Crippen molar-refractivity contribution in [3.8, 4) is 0 Å². The fourth-order valence-corrected chi connectivity index (χ4v) is 2.76. The van der Waals surface area contributed by atoms with Gasteiger partial charge in [0.1, 0.15) is 10.7 Å². The number of hydrogen-bond donors (Lipinski definition) is 3. The molecule has 7 heteroatoms. The standard InChI is InChI=1S/C22H22N4O3/c1-14(27)23-17-8-4-15(5-9-17)12-19-21(28)25-20(22(29)24-19)13-16-6-10-18(11-7-16)26(2)3/h4-13H,1-3H3,(H,23,27)(H,24,29)(H,25,28). The number of carbonyl (C=O) groups is 1. The van der Waals surface area contributed by atoms with Crippen LogP contribution in [-0.4, -0.2) is 30.0 Å². The minimum absolute atomic E-state index is 0.155. The van der Waals surface area contributed by atoms with Gasteiger partial charge in [0, 0.05) is 32.4 Å². The molecule has 0 spiro atoms. The van der Waals surface area contributed by atoms with Crippen LogP contribution in [0.4, 0.5) is 11.4 Å². The van der Waals surface area contributed by atoms with Gasteiger partial charge in [-0.1, -0.05) is 24.3 Å². The molecule has 0 atom stereocenters. The molecular formula is C22H22N4O3. The Kier molecular flexibility index (Phi) is 5.78. The van der Waals surface area contributed by atoms with Gasteiger partial charge in [-0.2, -0.15) is 0 Å². The molecule has 0 saturated heterocycles. The Morgan fingerprint density at radius 2 is 1.28 bits per heavy atom. The molecule has 0 radical (unpaired) electrons. The predicted molar refractivity (Wildman–Crippen MR) is 116 cm³/mol. The predicted octanol–water partition coefficient (Wildman–Crippen LogP) is 0.745. The van der Waals surface area contributed by atoms with E-state index in [-0.39, 0.29) is 22.2 Å². The lowest BCUT2D eigenvalue weighted by atomic mass is 10.2. The van der Waals surface area contributed by atoms with Crippen molar-refractivity contribution in [1.82, 2.24) is 9.97 Å². The molecule has 29 heavy (non-hydrogen) atoms. The maximum atomic E-state index is 12.4. The lowest BCUT2D eigenvalue weighted by molar-refractivity contribution is -0.114. The van der Waals surface area contributed by atoms with Crippen LogP contribution in [0.2, 0.25) is 0 Å². The SMILES string of the molecule is CC(=O)Nc1ccc(C=c2[nH]c(=O)c(=Cc3ccc(N(C)C)cc3)[nH]c2=O)cc1. The molecule has 0 unspecified atom stereocenters. The van der Waals surface area contributed by atoms with Gasteiger partial charge in [-0.05, 0) is 47.5 Å². The first-order valence-electron chi connectivity index (χ1n) is 9.03. The fraction of sp³-hybridized carbons (Fsp3) is 0.136. The molecule has 0 saturated carbocycles. The fourth-order valence-electron chi connectivity index (χ4n) is 2.76. The van der Waals surface area contributed by atoms with Crippen LogP contribution in [0.3, 0.4) is 0 Å². The summed E-state index contributed by atoms with van der Waals surface area (Å²) in [4.78, 5) is 43.1. The largest absolute Gasteiger partial charge is 0.378 e. The van der Waals surface area contributed by atoms with Gasteiger partial charge in [-0.15, -0.1) is 0 Å². The Bertz CT molecular complexity index is 1250. The van der Waals surface area contributed by atoms with E-state index < -0.39 is 5.56 Å². The van der Waals surface area contributed by atoms with Crippen molar-refractivity contribution in [2.45, 2.75) is 6.92 Å². The normalized spacial score (nSPS) is 12.1. The number of nitrogens with one attached hydrogen (secondary N) is 3. The highest BCUT2D eigenvalue weighted by Crippen LogP contribution is 2.12. The number of anilines is 2.